The van der Waals surface area contributed by atoms with E-state index in [4.69, 9.17) is 9.97 Å². The number of hydrogen-bond donors (Lipinski definition) is 0. The van der Waals surface area contributed by atoms with E-state index in [1.807, 2.05) is 6.07 Å². The van der Waals surface area contributed by atoms with E-state index in [0.29, 0.717) is 5.95 Å². The highest BCUT2D eigenvalue weighted by atomic mass is 32.1. The summed E-state index contributed by atoms with van der Waals surface area (Å²) in [6, 6.07) is 63.6. The second kappa shape index (κ2) is 11.7. The first-order chi connectivity index (χ1) is 27.3. The first-order valence-corrected chi connectivity index (χ1v) is 19.4. The van der Waals surface area contributed by atoms with Crippen LogP contribution in [-0.2, 0) is 0 Å². The van der Waals surface area contributed by atoms with Crippen LogP contribution in [0.25, 0.3) is 109 Å². The Balaban J connectivity index is 1.12. The molecule has 0 amide bonds. The lowest BCUT2D eigenvalue weighted by Crippen LogP contribution is -2.02. The molecule has 4 nitrogen and oxygen atoms in total. The minimum atomic E-state index is 0.676. The van der Waals surface area contributed by atoms with E-state index < -0.39 is 0 Å². The molecular weight excluding hydrogens is 689 g/mol. The number of benzene rings is 8. The minimum Gasteiger partial charge on any atom is -0.309 e. The third kappa shape index (κ3) is 4.57. The average Bonchev–Trinajstić information content (AvgIpc) is 3.95. The Morgan fingerprint density at radius 3 is 1.84 bits per heavy atom. The predicted octanol–water partition coefficient (Wildman–Crippen LogP) is 13.5. The molecule has 0 saturated carbocycles. The zero-order chi connectivity index (χ0) is 36.0. The van der Waals surface area contributed by atoms with Gasteiger partial charge in [-0.2, -0.15) is 0 Å². The molecule has 0 aliphatic carbocycles. The molecule has 55 heavy (non-hydrogen) atoms. The third-order valence-corrected chi connectivity index (χ3v) is 12.1. The minimum absolute atomic E-state index is 0.676. The summed E-state index contributed by atoms with van der Waals surface area (Å²) in [5, 5.41) is 11.9. The second-order valence-corrected chi connectivity index (χ2v) is 15.2. The lowest BCUT2D eigenvalue weighted by Gasteiger charge is -2.10. The molecule has 8 aromatic carbocycles. The highest BCUT2D eigenvalue weighted by Gasteiger charge is 2.20. The van der Waals surface area contributed by atoms with E-state index in [0.717, 1.165) is 38.2 Å². The number of fused-ring (bicyclic) bond motifs is 10. The Labute approximate surface area is 319 Å². The molecule has 0 radical (unpaired) electrons. The molecule has 0 saturated heterocycles. The fraction of sp³-hybridized carbons (Fsp3) is 0. The van der Waals surface area contributed by atoms with Crippen LogP contribution in [0.1, 0.15) is 0 Å². The molecule has 0 aliphatic rings. The van der Waals surface area contributed by atoms with Crippen molar-refractivity contribution in [2.45, 2.75) is 0 Å². The van der Waals surface area contributed by atoms with Gasteiger partial charge in [0.2, 0.25) is 5.95 Å². The number of rotatable bonds is 4. The van der Waals surface area contributed by atoms with Crippen LogP contribution in [0, 0.1) is 0 Å². The quantitative estimate of drug-likeness (QED) is 0.182. The monoisotopic (exact) mass is 718 g/mol. The van der Waals surface area contributed by atoms with Gasteiger partial charge in [0.1, 0.15) is 0 Å². The normalized spacial score (nSPS) is 12.0. The fourth-order valence-corrected chi connectivity index (χ4v) is 9.51. The summed E-state index contributed by atoms with van der Waals surface area (Å²) in [5.41, 5.74) is 11.1. The molecule has 0 N–H and O–H groups in total. The zero-order valence-corrected chi connectivity index (χ0v) is 30.3. The molecule has 0 unspecified atom stereocenters. The highest BCUT2D eigenvalue weighted by Crippen LogP contribution is 2.41. The van der Waals surface area contributed by atoms with E-state index in [9.17, 15) is 0 Å². The lowest BCUT2D eigenvalue weighted by molar-refractivity contribution is 1.02. The van der Waals surface area contributed by atoms with Gasteiger partial charge in [0, 0.05) is 32.8 Å². The second-order valence-electron chi connectivity index (χ2n) is 14.2. The molecule has 0 aliphatic heterocycles. The molecule has 5 heteroatoms. The van der Waals surface area contributed by atoms with Crippen LogP contribution in [0.5, 0.6) is 0 Å². The van der Waals surface area contributed by atoms with Crippen molar-refractivity contribution < 1.29 is 0 Å². The number of nitrogens with zero attached hydrogens (tertiary/aromatic N) is 4. The summed E-state index contributed by atoms with van der Waals surface area (Å²) in [5.74, 6) is 0.676. The molecule has 12 aromatic rings. The number of thiophene rings is 1. The Morgan fingerprint density at radius 1 is 0.400 bits per heavy atom. The van der Waals surface area contributed by atoms with Crippen LogP contribution in [-0.4, -0.2) is 19.1 Å². The first kappa shape index (κ1) is 30.4. The molecule has 0 fully saturated rings. The number of hydrogen-bond acceptors (Lipinski definition) is 3. The van der Waals surface area contributed by atoms with Crippen LogP contribution < -0.4 is 0 Å². The molecule has 0 atom stereocenters. The number of para-hydroxylation sites is 1. The van der Waals surface area contributed by atoms with E-state index in [1.54, 1.807) is 11.3 Å². The molecule has 0 spiro atoms. The molecule has 0 bridgehead atoms. The van der Waals surface area contributed by atoms with Crippen LogP contribution >= 0.6 is 11.3 Å². The molecule has 4 aromatic heterocycles. The van der Waals surface area contributed by atoms with Crippen molar-refractivity contribution >= 4 is 86.7 Å². The molecule has 12 rings (SSSR count). The lowest BCUT2D eigenvalue weighted by atomic mass is 9.98. The predicted molar refractivity (Wildman–Crippen MR) is 232 cm³/mol. The summed E-state index contributed by atoms with van der Waals surface area (Å²) in [6.07, 6.45) is 0. The van der Waals surface area contributed by atoms with Crippen LogP contribution in [0.3, 0.4) is 0 Å². The van der Waals surface area contributed by atoms with Gasteiger partial charge in [0.25, 0.3) is 0 Å². The Morgan fingerprint density at radius 2 is 1.04 bits per heavy atom. The SMILES string of the molecule is c1ccc(-c2nc(-n3c4ccc(-c5ccc6c(c5)c5c7ccccc7ccc5n6-c5ccccc5)cc4c4cc5ccccc5cc43)nc3ccsc23)cc1. The maximum Gasteiger partial charge on any atom is 0.235 e. The van der Waals surface area contributed by atoms with E-state index in [2.05, 4.69) is 184 Å². The van der Waals surface area contributed by atoms with Gasteiger partial charge >= 0.3 is 0 Å². The van der Waals surface area contributed by atoms with Crippen LogP contribution in [0.15, 0.2) is 181 Å². The first-order valence-electron chi connectivity index (χ1n) is 18.6. The maximum absolute atomic E-state index is 5.32. The Kier molecular flexibility index (Phi) is 6.47. The Bertz CT molecular complexity index is 3480. The molecule has 4 heterocycles. The Hall–Kier alpha value is -7.08. The summed E-state index contributed by atoms with van der Waals surface area (Å²) < 4.78 is 5.75. The van der Waals surface area contributed by atoms with Crippen molar-refractivity contribution in [1.82, 2.24) is 19.1 Å². The summed E-state index contributed by atoms with van der Waals surface area (Å²) in [6.45, 7) is 0. The van der Waals surface area contributed by atoms with Crippen molar-refractivity contribution in [2.24, 2.45) is 0 Å². The maximum atomic E-state index is 5.32. The van der Waals surface area contributed by atoms with Crippen molar-refractivity contribution in [1.29, 1.82) is 0 Å². The third-order valence-electron chi connectivity index (χ3n) is 11.2. The van der Waals surface area contributed by atoms with E-state index in [1.165, 1.54) is 65.3 Å². The van der Waals surface area contributed by atoms with Gasteiger partial charge in [-0.1, -0.05) is 115 Å². The van der Waals surface area contributed by atoms with Crippen molar-refractivity contribution in [3.05, 3.63) is 181 Å². The van der Waals surface area contributed by atoms with Gasteiger partial charge in [0.15, 0.2) is 0 Å². The van der Waals surface area contributed by atoms with E-state index in [-0.39, 0.29) is 0 Å². The summed E-state index contributed by atoms with van der Waals surface area (Å²) in [7, 11) is 0. The van der Waals surface area contributed by atoms with Crippen molar-refractivity contribution in [2.75, 3.05) is 0 Å². The smallest absolute Gasteiger partial charge is 0.235 e. The van der Waals surface area contributed by atoms with Gasteiger partial charge in [-0.25, -0.2) is 9.97 Å². The van der Waals surface area contributed by atoms with Crippen molar-refractivity contribution in [3.63, 3.8) is 0 Å². The van der Waals surface area contributed by atoms with Gasteiger partial charge in [-0.05, 0) is 98.7 Å². The van der Waals surface area contributed by atoms with Gasteiger partial charge < -0.3 is 4.57 Å². The standard InChI is InChI=1S/C50H30N4S/c1-3-12-32(13-4-1)48-49-42(25-26-55-49)51-50(52-48)54-43-22-20-35(28-39(43)40-27-33-14-7-8-15-34(33)30-46(40)54)36-21-23-44-41(29-36)47-38-18-10-9-11-31(38)19-24-45(47)53(44)37-16-5-2-6-17-37/h1-30H. The van der Waals surface area contributed by atoms with Gasteiger partial charge in [0.05, 0.1) is 38.0 Å². The average molecular weight is 719 g/mol. The largest absolute Gasteiger partial charge is 0.309 e. The summed E-state index contributed by atoms with van der Waals surface area (Å²) >= 11 is 1.69. The van der Waals surface area contributed by atoms with E-state index >= 15 is 0 Å². The highest BCUT2D eigenvalue weighted by molar-refractivity contribution is 7.17. The van der Waals surface area contributed by atoms with Gasteiger partial charge in [-0.3, -0.25) is 4.57 Å². The van der Waals surface area contributed by atoms with Crippen LogP contribution in [0.2, 0.25) is 0 Å². The fourth-order valence-electron chi connectivity index (χ4n) is 8.67. The van der Waals surface area contributed by atoms with Crippen LogP contribution in [0.4, 0.5) is 0 Å². The zero-order valence-electron chi connectivity index (χ0n) is 29.5. The van der Waals surface area contributed by atoms with Crippen molar-refractivity contribution in [3.8, 4) is 34.0 Å². The molecule has 256 valence electrons. The molecular formula is C50H30N4S. The number of aromatic nitrogens is 4. The topological polar surface area (TPSA) is 35.6 Å². The summed E-state index contributed by atoms with van der Waals surface area (Å²) in [4.78, 5) is 10.5. The van der Waals surface area contributed by atoms with Gasteiger partial charge in [-0.15, -0.1) is 11.3 Å².